The highest BCUT2D eigenvalue weighted by Gasteiger charge is 2.14. The van der Waals surface area contributed by atoms with Gasteiger partial charge in [0.1, 0.15) is 11.5 Å². The molecule has 0 amide bonds. The molecule has 0 spiro atoms. The van der Waals surface area contributed by atoms with E-state index in [2.05, 4.69) is 57.3 Å². The zero-order valence-corrected chi connectivity index (χ0v) is 12.4. The van der Waals surface area contributed by atoms with Crippen molar-refractivity contribution in [2.24, 2.45) is 0 Å². The molecule has 0 bridgehead atoms. The molecular formula is C17H23NO. The van der Waals surface area contributed by atoms with Crippen LogP contribution in [0.1, 0.15) is 45.1 Å². The Hall–Kier alpha value is -1.54. The summed E-state index contributed by atoms with van der Waals surface area (Å²) in [7, 11) is 1.94. The van der Waals surface area contributed by atoms with E-state index in [1.54, 1.807) is 0 Å². The van der Waals surface area contributed by atoms with E-state index < -0.39 is 0 Å². The van der Waals surface area contributed by atoms with Gasteiger partial charge >= 0.3 is 0 Å². The van der Waals surface area contributed by atoms with E-state index in [-0.39, 0.29) is 11.5 Å². The Morgan fingerprint density at radius 1 is 1.00 bits per heavy atom. The van der Waals surface area contributed by atoms with Crippen LogP contribution in [0.25, 0.3) is 11.3 Å². The standard InChI is InChI=1S/C17H23NO/c1-12(18-5)15-10-11-16(19-15)13-6-8-14(9-7-13)17(2,3)4/h6-12,18H,1-5H3. The van der Waals surface area contributed by atoms with Crippen molar-refractivity contribution in [3.63, 3.8) is 0 Å². The van der Waals surface area contributed by atoms with Crippen LogP contribution in [0.2, 0.25) is 0 Å². The lowest BCUT2D eigenvalue weighted by molar-refractivity contribution is 0.458. The zero-order valence-electron chi connectivity index (χ0n) is 12.4. The SMILES string of the molecule is CNC(C)c1ccc(-c2ccc(C(C)(C)C)cc2)o1. The van der Waals surface area contributed by atoms with Gasteiger partial charge in [0, 0.05) is 5.56 Å². The predicted octanol–water partition coefficient (Wildman–Crippen LogP) is 4.52. The largest absolute Gasteiger partial charge is 0.459 e. The van der Waals surface area contributed by atoms with Crippen molar-refractivity contribution in [2.45, 2.75) is 39.2 Å². The summed E-state index contributed by atoms with van der Waals surface area (Å²) in [5, 5.41) is 3.18. The van der Waals surface area contributed by atoms with Gasteiger partial charge in [0.25, 0.3) is 0 Å². The van der Waals surface area contributed by atoms with Crippen LogP contribution in [-0.2, 0) is 5.41 Å². The van der Waals surface area contributed by atoms with Crippen molar-refractivity contribution in [2.75, 3.05) is 7.05 Å². The molecule has 2 heteroatoms. The van der Waals surface area contributed by atoms with Crippen LogP contribution in [0, 0.1) is 0 Å². The van der Waals surface area contributed by atoms with Crippen LogP contribution in [0.15, 0.2) is 40.8 Å². The maximum absolute atomic E-state index is 5.89. The fraction of sp³-hybridized carbons (Fsp3) is 0.412. The molecule has 0 saturated heterocycles. The first kappa shape index (κ1) is 13.9. The van der Waals surface area contributed by atoms with E-state index >= 15 is 0 Å². The van der Waals surface area contributed by atoms with Gasteiger partial charge < -0.3 is 9.73 Å². The first-order valence-electron chi connectivity index (χ1n) is 6.79. The van der Waals surface area contributed by atoms with E-state index in [1.165, 1.54) is 5.56 Å². The van der Waals surface area contributed by atoms with Crippen LogP contribution in [0.5, 0.6) is 0 Å². The Morgan fingerprint density at radius 2 is 1.63 bits per heavy atom. The number of nitrogens with one attached hydrogen (secondary N) is 1. The van der Waals surface area contributed by atoms with Crippen LogP contribution >= 0.6 is 0 Å². The van der Waals surface area contributed by atoms with E-state index in [0.717, 1.165) is 17.1 Å². The molecule has 0 saturated carbocycles. The summed E-state index contributed by atoms with van der Waals surface area (Å²) in [4.78, 5) is 0. The molecule has 0 radical (unpaired) electrons. The lowest BCUT2D eigenvalue weighted by atomic mass is 9.86. The third-order valence-corrected chi connectivity index (χ3v) is 3.52. The van der Waals surface area contributed by atoms with Crippen LogP contribution in [0.3, 0.4) is 0 Å². The maximum atomic E-state index is 5.89. The van der Waals surface area contributed by atoms with Crippen molar-refractivity contribution in [1.29, 1.82) is 0 Å². The molecule has 2 aromatic rings. The Kier molecular flexibility index (Phi) is 3.81. The highest BCUT2D eigenvalue weighted by atomic mass is 16.3. The van der Waals surface area contributed by atoms with Gasteiger partial charge in [0.2, 0.25) is 0 Å². The van der Waals surface area contributed by atoms with Crippen molar-refractivity contribution in [3.8, 4) is 11.3 Å². The summed E-state index contributed by atoms with van der Waals surface area (Å²) in [5.74, 6) is 1.90. The molecule has 1 aromatic carbocycles. The molecule has 19 heavy (non-hydrogen) atoms. The summed E-state index contributed by atoms with van der Waals surface area (Å²) < 4.78 is 5.89. The highest BCUT2D eigenvalue weighted by Crippen LogP contribution is 2.28. The minimum atomic E-state index is 0.188. The fourth-order valence-corrected chi connectivity index (χ4v) is 2.02. The summed E-state index contributed by atoms with van der Waals surface area (Å²) in [6.07, 6.45) is 0. The average Bonchev–Trinajstić information content (AvgIpc) is 2.86. The molecule has 1 unspecified atom stereocenters. The molecule has 0 aliphatic rings. The maximum Gasteiger partial charge on any atom is 0.134 e. The van der Waals surface area contributed by atoms with Crippen molar-refractivity contribution < 1.29 is 4.42 Å². The number of furan rings is 1. The van der Waals surface area contributed by atoms with Crippen LogP contribution in [-0.4, -0.2) is 7.05 Å². The second kappa shape index (κ2) is 5.22. The molecule has 2 rings (SSSR count). The Morgan fingerprint density at radius 3 is 2.16 bits per heavy atom. The summed E-state index contributed by atoms with van der Waals surface area (Å²) >= 11 is 0. The second-order valence-corrected chi connectivity index (χ2v) is 6.04. The summed E-state index contributed by atoms with van der Waals surface area (Å²) in [5.41, 5.74) is 2.65. The van der Waals surface area contributed by atoms with Crippen molar-refractivity contribution in [3.05, 3.63) is 47.7 Å². The van der Waals surface area contributed by atoms with Gasteiger partial charge in [-0.15, -0.1) is 0 Å². The third kappa shape index (κ3) is 3.07. The lowest BCUT2D eigenvalue weighted by Crippen LogP contribution is -2.11. The summed E-state index contributed by atoms with van der Waals surface area (Å²) in [6, 6.07) is 12.9. The number of rotatable bonds is 3. The molecule has 0 fully saturated rings. The first-order valence-corrected chi connectivity index (χ1v) is 6.79. The molecule has 102 valence electrons. The minimum Gasteiger partial charge on any atom is -0.459 e. The normalized spacial score (nSPS) is 13.5. The van der Waals surface area contributed by atoms with E-state index in [1.807, 2.05) is 19.2 Å². The molecule has 0 aliphatic carbocycles. The zero-order chi connectivity index (χ0) is 14.0. The second-order valence-electron chi connectivity index (χ2n) is 6.04. The predicted molar refractivity (Wildman–Crippen MR) is 80.3 cm³/mol. The van der Waals surface area contributed by atoms with E-state index in [9.17, 15) is 0 Å². The number of hydrogen-bond acceptors (Lipinski definition) is 2. The minimum absolute atomic E-state index is 0.188. The van der Waals surface area contributed by atoms with Gasteiger partial charge in [-0.25, -0.2) is 0 Å². The Bertz CT molecular complexity index is 531. The van der Waals surface area contributed by atoms with Crippen molar-refractivity contribution in [1.82, 2.24) is 5.32 Å². The highest BCUT2D eigenvalue weighted by molar-refractivity contribution is 5.58. The van der Waals surface area contributed by atoms with Gasteiger partial charge in [0.15, 0.2) is 0 Å². The topological polar surface area (TPSA) is 25.2 Å². The van der Waals surface area contributed by atoms with Gasteiger partial charge in [-0.05, 0) is 37.1 Å². The lowest BCUT2D eigenvalue weighted by Gasteiger charge is -2.18. The quantitative estimate of drug-likeness (QED) is 0.874. The molecular weight excluding hydrogens is 234 g/mol. The summed E-state index contributed by atoms with van der Waals surface area (Å²) in [6.45, 7) is 8.76. The first-order chi connectivity index (χ1) is 8.91. The van der Waals surface area contributed by atoms with Crippen LogP contribution in [0.4, 0.5) is 0 Å². The molecule has 0 aliphatic heterocycles. The fourth-order valence-electron chi connectivity index (χ4n) is 2.02. The van der Waals surface area contributed by atoms with E-state index in [0.29, 0.717) is 0 Å². The third-order valence-electron chi connectivity index (χ3n) is 3.52. The monoisotopic (exact) mass is 257 g/mol. The Balaban J connectivity index is 2.25. The van der Waals surface area contributed by atoms with Crippen LogP contribution < -0.4 is 5.32 Å². The van der Waals surface area contributed by atoms with E-state index in [4.69, 9.17) is 4.42 Å². The smallest absolute Gasteiger partial charge is 0.134 e. The Labute approximate surface area is 115 Å². The molecule has 1 aromatic heterocycles. The number of benzene rings is 1. The molecule has 2 nitrogen and oxygen atoms in total. The van der Waals surface area contributed by atoms with Gasteiger partial charge in [0.05, 0.1) is 6.04 Å². The molecule has 1 atom stereocenters. The van der Waals surface area contributed by atoms with Gasteiger partial charge in [-0.3, -0.25) is 0 Å². The molecule has 1 N–H and O–H groups in total. The van der Waals surface area contributed by atoms with Gasteiger partial charge in [-0.2, -0.15) is 0 Å². The van der Waals surface area contributed by atoms with Crippen molar-refractivity contribution >= 4 is 0 Å². The van der Waals surface area contributed by atoms with Gasteiger partial charge in [-0.1, -0.05) is 45.0 Å². The average molecular weight is 257 g/mol. The molecule has 1 heterocycles. The number of hydrogen-bond donors (Lipinski definition) is 1.